The first kappa shape index (κ1) is 11.0. The topological polar surface area (TPSA) is 30.1 Å². The van der Waals surface area contributed by atoms with Gasteiger partial charge in [-0.3, -0.25) is 0 Å². The predicted molar refractivity (Wildman–Crippen MR) is 64.0 cm³/mol. The molecule has 0 fully saturated rings. The third-order valence-corrected chi connectivity index (χ3v) is 2.57. The van der Waals surface area contributed by atoms with Crippen LogP contribution in [0.3, 0.4) is 0 Å². The van der Waals surface area contributed by atoms with Gasteiger partial charge in [0.15, 0.2) is 0 Å². The fourth-order valence-corrected chi connectivity index (χ4v) is 1.80. The lowest BCUT2D eigenvalue weighted by molar-refractivity contribution is 0.478. The Morgan fingerprint density at radius 3 is 2.94 bits per heavy atom. The van der Waals surface area contributed by atoms with E-state index < -0.39 is 0 Å². The van der Waals surface area contributed by atoms with Crippen molar-refractivity contribution in [3.05, 3.63) is 48.2 Å². The first-order valence-corrected chi connectivity index (χ1v) is 5.77. The SMILES string of the molecule is CCCn1cccc1CNCc1ccco1. The standard InChI is InChI=1S/C13H18N2O/c1-2-7-15-8-3-5-12(15)10-14-11-13-6-4-9-16-13/h3-6,8-9,14H,2,7,10-11H2,1H3. The van der Waals surface area contributed by atoms with Crippen molar-refractivity contribution in [2.45, 2.75) is 33.0 Å². The monoisotopic (exact) mass is 218 g/mol. The van der Waals surface area contributed by atoms with Crippen LogP contribution in [0.1, 0.15) is 24.8 Å². The summed E-state index contributed by atoms with van der Waals surface area (Å²) in [7, 11) is 0. The van der Waals surface area contributed by atoms with E-state index in [9.17, 15) is 0 Å². The molecule has 86 valence electrons. The van der Waals surface area contributed by atoms with Crippen molar-refractivity contribution in [1.29, 1.82) is 0 Å². The van der Waals surface area contributed by atoms with Gasteiger partial charge in [0, 0.05) is 25.0 Å². The van der Waals surface area contributed by atoms with Crippen molar-refractivity contribution in [2.75, 3.05) is 0 Å². The van der Waals surface area contributed by atoms with Crippen molar-refractivity contribution in [2.24, 2.45) is 0 Å². The summed E-state index contributed by atoms with van der Waals surface area (Å²) in [5.41, 5.74) is 1.33. The molecule has 0 atom stereocenters. The number of furan rings is 1. The maximum Gasteiger partial charge on any atom is 0.117 e. The molecule has 0 radical (unpaired) electrons. The number of aromatic nitrogens is 1. The Morgan fingerprint density at radius 2 is 2.19 bits per heavy atom. The Morgan fingerprint density at radius 1 is 1.25 bits per heavy atom. The lowest BCUT2D eigenvalue weighted by Crippen LogP contribution is -2.15. The predicted octanol–water partition coefficient (Wildman–Crippen LogP) is 2.78. The maximum atomic E-state index is 5.26. The van der Waals surface area contributed by atoms with Gasteiger partial charge in [-0.25, -0.2) is 0 Å². The van der Waals surface area contributed by atoms with Crippen LogP contribution in [0, 0.1) is 0 Å². The molecule has 0 spiro atoms. The second-order valence-electron chi connectivity index (χ2n) is 3.88. The van der Waals surface area contributed by atoms with Gasteiger partial charge < -0.3 is 14.3 Å². The normalized spacial score (nSPS) is 10.8. The van der Waals surface area contributed by atoms with E-state index in [2.05, 4.69) is 35.1 Å². The largest absolute Gasteiger partial charge is 0.468 e. The van der Waals surface area contributed by atoms with Crippen LogP contribution in [0.2, 0.25) is 0 Å². The third kappa shape index (κ3) is 2.76. The molecule has 0 amide bonds. The first-order valence-electron chi connectivity index (χ1n) is 5.77. The molecule has 3 nitrogen and oxygen atoms in total. The molecule has 2 aromatic rings. The molecule has 1 N–H and O–H groups in total. The molecule has 2 heterocycles. The second kappa shape index (κ2) is 5.56. The molecule has 0 aliphatic heterocycles. The Bertz CT molecular complexity index is 403. The molecule has 0 aliphatic rings. The molecule has 0 saturated heterocycles. The number of aryl methyl sites for hydroxylation is 1. The zero-order valence-corrected chi connectivity index (χ0v) is 9.65. The Balaban J connectivity index is 1.82. The van der Waals surface area contributed by atoms with Gasteiger partial charge in [0.1, 0.15) is 5.76 Å². The number of nitrogens with zero attached hydrogens (tertiary/aromatic N) is 1. The molecule has 0 unspecified atom stereocenters. The van der Waals surface area contributed by atoms with E-state index in [1.165, 1.54) is 12.1 Å². The highest BCUT2D eigenvalue weighted by Crippen LogP contribution is 2.04. The van der Waals surface area contributed by atoms with Gasteiger partial charge in [0.25, 0.3) is 0 Å². The summed E-state index contributed by atoms with van der Waals surface area (Å²) in [5, 5.41) is 3.37. The highest BCUT2D eigenvalue weighted by atomic mass is 16.3. The van der Waals surface area contributed by atoms with Crippen LogP contribution in [0.4, 0.5) is 0 Å². The summed E-state index contributed by atoms with van der Waals surface area (Å²) in [6.45, 7) is 4.95. The van der Waals surface area contributed by atoms with E-state index in [0.717, 1.165) is 25.4 Å². The van der Waals surface area contributed by atoms with Crippen LogP contribution in [-0.4, -0.2) is 4.57 Å². The van der Waals surface area contributed by atoms with E-state index in [0.29, 0.717) is 0 Å². The van der Waals surface area contributed by atoms with Gasteiger partial charge in [0.2, 0.25) is 0 Å². The summed E-state index contributed by atoms with van der Waals surface area (Å²) in [4.78, 5) is 0. The van der Waals surface area contributed by atoms with E-state index in [-0.39, 0.29) is 0 Å². The van der Waals surface area contributed by atoms with Gasteiger partial charge in [-0.2, -0.15) is 0 Å². The number of nitrogens with one attached hydrogen (secondary N) is 1. The summed E-state index contributed by atoms with van der Waals surface area (Å²) >= 11 is 0. The van der Waals surface area contributed by atoms with Crippen LogP contribution < -0.4 is 5.32 Å². The van der Waals surface area contributed by atoms with Gasteiger partial charge in [-0.1, -0.05) is 6.92 Å². The number of hydrogen-bond acceptors (Lipinski definition) is 2. The van der Waals surface area contributed by atoms with Crippen LogP contribution in [0.15, 0.2) is 41.1 Å². The molecule has 0 aliphatic carbocycles. The minimum absolute atomic E-state index is 0.782. The zero-order chi connectivity index (χ0) is 11.2. The van der Waals surface area contributed by atoms with Gasteiger partial charge >= 0.3 is 0 Å². The second-order valence-corrected chi connectivity index (χ2v) is 3.88. The highest BCUT2D eigenvalue weighted by Gasteiger charge is 2.00. The maximum absolute atomic E-state index is 5.26. The van der Waals surface area contributed by atoms with Crippen molar-refractivity contribution >= 4 is 0 Å². The molecule has 2 rings (SSSR count). The van der Waals surface area contributed by atoms with E-state index in [1.807, 2.05) is 12.1 Å². The first-order chi connectivity index (χ1) is 7.90. The Kier molecular flexibility index (Phi) is 3.83. The molecule has 0 saturated carbocycles. The van der Waals surface area contributed by atoms with Crippen LogP contribution >= 0.6 is 0 Å². The Labute approximate surface area is 96.1 Å². The van der Waals surface area contributed by atoms with E-state index in [4.69, 9.17) is 4.42 Å². The van der Waals surface area contributed by atoms with Crippen LogP contribution in [-0.2, 0) is 19.6 Å². The molecular formula is C13H18N2O. The zero-order valence-electron chi connectivity index (χ0n) is 9.65. The summed E-state index contributed by atoms with van der Waals surface area (Å²) in [6, 6.07) is 8.15. The van der Waals surface area contributed by atoms with Crippen LogP contribution in [0.25, 0.3) is 0 Å². The van der Waals surface area contributed by atoms with Crippen molar-refractivity contribution in [3.63, 3.8) is 0 Å². The minimum atomic E-state index is 0.782. The molecule has 2 aromatic heterocycles. The van der Waals surface area contributed by atoms with Crippen molar-refractivity contribution in [3.8, 4) is 0 Å². The van der Waals surface area contributed by atoms with E-state index in [1.54, 1.807) is 6.26 Å². The molecule has 16 heavy (non-hydrogen) atoms. The smallest absolute Gasteiger partial charge is 0.117 e. The lowest BCUT2D eigenvalue weighted by Gasteiger charge is -2.08. The molecule has 3 heteroatoms. The van der Waals surface area contributed by atoms with Crippen molar-refractivity contribution in [1.82, 2.24) is 9.88 Å². The average Bonchev–Trinajstić information content (AvgIpc) is 2.91. The fraction of sp³-hybridized carbons (Fsp3) is 0.385. The summed E-state index contributed by atoms with van der Waals surface area (Å²) < 4.78 is 7.55. The minimum Gasteiger partial charge on any atom is -0.468 e. The number of rotatable bonds is 6. The summed E-state index contributed by atoms with van der Waals surface area (Å²) in [5.74, 6) is 0.980. The van der Waals surface area contributed by atoms with Crippen LogP contribution in [0.5, 0.6) is 0 Å². The van der Waals surface area contributed by atoms with Gasteiger partial charge in [-0.05, 0) is 30.7 Å². The molecule has 0 aromatic carbocycles. The van der Waals surface area contributed by atoms with Crippen molar-refractivity contribution < 1.29 is 4.42 Å². The molecule has 0 bridgehead atoms. The quantitative estimate of drug-likeness (QED) is 0.808. The average molecular weight is 218 g/mol. The number of hydrogen-bond donors (Lipinski definition) is 1. The molecular weight excluding hydrogens is 200 g/mol. The third-order valence-electron chi connectivity index (χ3n) is 2.57. The van der Waals surface area contributed by atoms with Gasteiger partial charge in [0.05, 0.1) is 12.8 Å². The Hall–Kier alpha value is -1.48. The lowest BCUT2D eigenvalue weighted by atomic mass is 10.4. The fourth-order valence-electron chi connectivity index (χ4n) is 1.80. The van der Waals surface area contributed by atoms with E-state index >= 15 is 0 Å². The summed E-state index contributed by atoms with van der Waals surface area (Å²) in [6.07, 6.45) is 5.00. The van der Waals surface area contributed by atoms with Gasteiger partial charge in [-0.15, -0.1) is 0 Å². The highest BCUT2D eigenvalue weighted by molar-refractivity contribution is 5.07.